The van der Waals surface area contributed by atoms with Crippen LogP contribution in [0, 0.1) is 0 Å². The van der Waals surface area contributed by atoms with E-state index in [4.69, 9.17) is 21.1 Å². The van der Waals surface area contributed by atoms with Gasteiger partial charge >= 0.3 is 0 Å². The first-order chi connectivity index (χ1) is 15.6. The third-order valence-corrected chi connectivity index (χ3v) is 6.62. The lowest BCUT2D eigenvalue weighted by molar-refractivity contribution is 0.115. The van der Waals surface area contributed by atoms with Gasteiger partial charge in [-0.2, -0.15) is 0 Å². The smallest absolute Gasteiger partial charge is 0.161 e. The summed E-state index contributed by atoms with van der Waals surface area (Å²) in [5, 5.41) is 4.55. The Hall–Kier alpha value is -2.53. The first-order valence-electron chi connectivity index (χ1n) is 11.3. The van der Waals surface area contributed by atoms with Crippen LogP contribution in [-0.4, -0.2) is 43.3 Å². The van der Waals surface area contributed by atoms with E-state index in [9.17, 15) is 0 Å². The Morgan fingerprint density at radius 3 is 2.44 bits per heavy atom. The van der Waals surface area contributed by atoms with Crippen LogP contribution in [0.4, 0.5) is 0 Å². The molecule has 32 heavy (non-hydrogen) atoms. The van der Waals surface area contributed by atoms with Gasteiger partial charge in [0.05, 0.1) is 6.04 Å². The summed E-state index contributed by atoms with van der Waals surface area (Å²) in [6.07, 6.45) is 0.919. The maximum atomic E-state index is 6.19. The van der Waals surface area contributed by atoms with Gasteiger partial charge < -0.3 is 14.8 Å². The molecule has 0 aromatic heterocycles. The SMILES string of the molecule is CC1(Cc2ccc3c(c2)OCCO3)CN(C(c2ccccc2)c2ccc(Cl)cc2)CCN1. The summed E-state index contributed by atoms with van der Waals surface area (Å²) >= 11 is 6.19. The van der Waals surface area contributed by atoms with Gasteiger partial charge in [-0.15, -0.1) is 0 Å². The highest BCUT2D eigenvalue weighted by molar-refractivity contribution is 6.30. The molecule has 0 aliphatic carbocycles. The molecular weight excluding hydrogens is 420 g/mol. The average Bonchev–Trinajstić information content (AvgIpc) is 2.81. The van der Waals surface area contributed by atoms with Gasteiger partial charge in [-0.3, -0.25) is 4.90 Å². The number of hydrogen-bond acceptors (Lipinski definition) is 4. The Morgan fingerprint density at radius 2 is 1.66 bits per heavy atom. The van der Waals surface area contributed by atoms with Crippen molar-refractivity contribution in [2.75, 3.05) is 32.8 Å². The van der Waals surface area contributed by atoms with Crippen molar-refractivity contribution in [3.63, 3.8) is 0 Å². The van der Waals surface area contributed by atoms with Gasteiger partial charge in [-0.1, -0.05) is 60.1 Å². The van der Waals surface area contributed by atoms with E-state index in [2.05, 4.69) is 71.7 Å². The van der Waals surface area contributed by atoms with Crippen molar-refractivity contribution >= 4 is 11.6 Å². The fraction of sp³-hybridized carbons (Fsp3) is 0.333. The minimum absolute atomic E-state index is 0.0541. The first kappa shape index (κ1) is 21.3. The monoisotopic (exact) mass is 448 g/mol. The topological polar surface area (TPSA) is 33.7 Å². The fourth-order valence-electron chi connectivity index (χ4n) is 4.97. The lowest BCUT2D eigenvalue weighted by Crippen LogP contribution is -2.60. The van der Waals surface area contributed by atoms with E-state index in [1.165, 1.54) is 16.7 Å². The molecule has 5 rings (SSSR count). The van der Waals surface area contributed by atoms with E-state index in [-0.39, 0.29) is 11.6 Å². The van der Waals surface area contributed by atoms with E-state index in [1.54, 1.807) is 0 Å². The number of fused-ring (bicyclic) bond motifs is 1. The van der Waals surface area contributed by atoms with Crippen LogP contribution < -0.4 is 14.8 Å². The third-order valence-electron chi connectivity index (χ3n) is 6.37. The maximum Gasteiger partial charge on any atom is 0.161 e. The lowest BCUT2D eigenvalue weighted by atomic mass is 9.87. The number of hydrogen-bond donors (Lipinski definition) is 1. The zero-order chi connectivity index (χ0) is 22.0. The second kappa shape index (κ2) is 9.14. The summed E-state index contributed by atoms with van der Waals surface area (Å²) in [7, 11) is 0. The minimum atomic E-state index is -0.0541. The van der Waals surface area contributed by atoms with E-state index < -0.39 is 0 Å². The molecule has 2 aliphatic rings. The molecule has 3 aromatic rings. The number of ether oxygens (including phenoxy) is 2. The molecule has 0 amide bonds. The molecular formula is C27H29ClN2O2. The van der Waals surface area contributed by atoms with Crippen molar-refractivity contribution in [3.8, 4) is 11.5 Å². The Kier molecular flexibility index (Phi) is 6.09. The number of benzene rings is 3. The summed E-state index contributed by atoms with van der Waals surface area (Å²) in [5.41, 5.74) is 3.78. The van der Waals surface area contributed by atoms with Crippen molar-refractivity contribution in [3.05, 3.63) is 94.5 Å². The standard InChI is InChI=1S/C27H29ClN2O2/c1-27(18-20-7-12-24-25(17-20)32-16-15-31-24)19-30(14-13-29-27)26(21-5-3-2-4-6-21)22-8-10-23(28)11-9-22/h2-12,17,26,29H,13-16,18-19H2,1H3. The molecule has 3 aromatic carbocycles. The molecule has 1 saturated heterocycles. The summed E-state index contributed by atoms with van der Waals surface area (Å²) in [6, 6.07) is 25.6. The largest absolute Gasteiger partial charge is 0.486 e. The molecule has 0 saturated carbocycles. The lowest BCUT2D eigenvalue weighted by Gasteiger charge is -2.45. The van der Waals surface area contributed by atoms with Crippen LogP contribution in [-0.2, 0) is 6.42 Å². The highest BCUT2D eigenvalue weighted by atomic mass is 35.5. The summed E-state index contributed by atoms with van der Waals surface area (Å²) in [6.45, 7) is 6.41. The van der Waals surface area contributed by atoms with Crippen LogP contribution in [0.25, 0.3) is 0 Å². The quantitative estimate of drug-likeness (QED) is 0.588. The number of halogens is 1. The second-order valence-corrected chi connectivity index (χ2v) is 9.41. The van der Waals surface area contributed by atoms with Crippen LogP contribution in [0.3, 0.4) is 0 Å². The normalized spacial score (nSPS) is 21.8. The molecule has 0 spiro atoms. The molecule has 2 aliphatic heterocycles. The van der Waals surface area contributed by atoms with Crippen molar-refractivity contribution in [1.29, 1.82) is 0 Å². The zero-order valence-corrected chi connectivity index (χ0v) is 19.1. The molecule has 5 heteroatoms. The van der Waals surface area contributed by atoms with Gasteiger partial charge in [0.15, 0.2) is 11.5 Å². The number of piperazine rings is 1. The van der Waals surface area contributed by atoms with Crippen LogP contribution in [0.1, 0.15) is 29.7 Å². The van der Waals surface area contributed by atoms with Gasteiger partial charge in [0.25, 0.3) is 0 Å². The number of nitrogens with zero attached hydrogens (tertiary/aromatic N) is 1. The maximum absolute atomic E-state index is 6.19. The van der Waals surface area contributed by atoms with Gasteiger partial charge in [0, 0.05) is 30.2 Å². The molecule has 2 unspecified atom stereocenters. The number of nitrogens with one attached hydrogen (secondary N) is 1. The Morgan fingerprint density at radius 1 is 0.938 bits per heavy atom. The van der Waals surface area contributed by atoms with Gasteiger partial charge in [0.1, 0.15) is 13.2 Å². The van der Waals surface area contributed by atoms with Crippen LogP contribution in [0.5, 0.6) is 11.5 Å². The van der Waals surface area contributed by atoms with E-state index in [0.717, 1.165) is 42.6 Å². The number of rotatable bonds is 5. The highest BCUT2D eigenvalue weighted by Crippen LogP contribution is 2.35. The van der Waals surface area contributed by atoms with Gasteiger partial charge in [0.2, 0.25) is 0 Å². The molecule has 2 heterocycles. The zero-order valence-electron chi connectivity index (χ0n) is 18.4. The predicted molar refractivity (Wildman–Crippen MR) is 129 cm³/mol. The Bertz CT molecular complexity index is 1060. The third kappa shape index (κ3) is 4.63. The van der Waals surface area contributed by atoms with Crippen LogP contribution >= 0.6 is 11.6 Å². The van der Waals surface area contributed by atoms with Crippen LogP contribution in [0.2, 0.25) is 5.02 Å². The molecule has 4 nitrogen and oxygen atoms in total. The predicted octanol–water partition coefficient (Wildman–Crippen LogP) is 5.11. The molecule has 2 atom stereocenters. The van der Waals surface area contributed by atoms with Crippen molar-refractivity contribution in [2.24, 2.45) is 0 Å². The van der Waals surface area contributed by atoms with Crippen molar-refractivity contribution < 1.29 is 9.47 Å². The van der Waals surface area contributed by atoms with Crippen molar-refractivity contribution in [1.82, 2.24) is 10.2 Å². The highest BCUT2D eigenvalue weighted by Gasteiger charge is 2.35. The van der Waals surface area contributed by atoms with Crippen LogP contribution in [0.15, 0.2) is 72.8 Å². The summed E-state index contributed by atoms with van der Waals surface area (Å²) in [4.78, 5) is 2.59. The minimum Gasteiger partial charge on any atom is -0.486 e. The fourth-order valence-corrected chi connectivity index (χ4v) is 5.09. The second-order valence-electron chi connectivity index (χ2n) is 8.98. The molecule has 1 fully saturated rings. The first-order valence-corrected chi connectivity index (χ1v) is 11.7. The Balaban J connectivity index is 1.41. The van der Waals surface area contributed by atoms with E-state index in [1.807, 2.05) is 18.2 Å². The van der Waals surface area contributed by atoms with Crippen molar-refractivity contribution in [2.45, 2.75) is 24.9 Å². The van der Waals surface area contributed by atoms with E-state index in [0.29, 0.717) is 13.2 Å². The average molecular weight is 449 g/mol. The van der Waals surface area contributed by atoms with E-state index >= 15 is 0 Å². The summed E-state index contributed by atoms with van der Waals surface area (Å²) < 4.78 is 11.5. The summed E-state index contributed by atoms with van der Waals surface area (Å²) in [5.74, 6) is 1.70. The molecule has 0 radical (unpaired) electrons. The molecule has 0 bridgehead atoms. The molecule has 166 valence electrons. The van der Waals surface area contributed by atoms with Gasteiger partial charge in [-0.05, 0) is 54.3 Å². The molecule has 1 N–H and O–H groups in total. The Labute approximate surface area is 195 Å². The van der Waals surface area contributed by atoms with Gasteiger partial charge in [-0.25, -0.2) is 0 Å².